The van der Waals surface area contributed by atoms with Crippen molar-refractivity contribution in [3.05, 3.63) is 12.2 Å². The van der Waals surface area contributed by atoms with Crippen molar-refractivity contribution in [3.63, 3.8) is 0 Å². The first-order valence-electron chi connectivity index (χ1n) is 10.4. The maximum absolute atomic E-state index is 12.2. The third kappa shape index (κ3) is 9.89. The molecule has 0 aromatic carbocycles. The van der Waals surface area contributed by atoms with Gasteiger partial charge in [-0.25, -0.2) is 9.36 Å². The van der Waals surface area contributed by atoms with Gasteiger partial charge in [-0.1, -0.05) is 53.5 Å². The van der Waals surface area contributed by atoms with Crippen molar-refractivity contribution in [2.45, 2.75) is 85.6 Å². The molecule has 0 aliphatic carbocycles. The number of phosphoric acid groups is 1. The number of hydrogen-bond acceptors (Lipinski definition) is 4. The largest absolute Gasteiger partial charge is 0.530 e. The molecule has 0 fully saturated rings. The summed E-state index contributed by atoms with van der Waals surface area (Å²) >= 11 is 0. The Balaban J connectivity index is 5.33. The van der Waals surface area contributed by atoms with Crippen LogP contribution in [0.4, 0.5) is 0 Å². The molecular formula is C20H41NO5P+. The lowest BCUT2D eigenvalue weighted by Crippen LogP contribution is -2.58. The van der Waals surface area contributed by atoms with Gasteiger partial charge in [0.05, 0.1) is 19.6 Å². The number of quaternary nitrogens is 1. The molecule has 1 N–H and O–H groups in total. The van der Waals surface area contributed by atoms with Crippen LogP contribution < -0.4 is 0 Å². The fraction of sp³-hybridized carbons (Fsp3) is 0.850. The summed E-state index contributed by atoms with van der Waals surface area (Å²) in [5, 5.41) is 0. The van der Waals surface area contributed by atoms with Gasteiger partial charge >= 0.3 is 13.8 Å². The summed E-state index contributed by atoms with van der Waals surface area (Å²) < 4.78 is 22.9. The molecular weight excluding hydrogens is 365 g/mol. The van der Waals surface area contributed by atoms with E-state index in [0.29, 0.717) is 0 Å². The molecule has 27 heavy (non-hydrogen) atoms. The van der Waals surface area contributed by atoms with Crippen LogP contribution in [-0.2, 0) is 18.4 Å². The quantitative estimate of drug-likeness (QED) is 0.216. The normalized spacial score (nSPS) is 15.2. The van der Waals surface area contributed by atoms with E-state index in [1.807, 2.05) is 0 Å². The zero-order valence-electron chi connectivity index (χ0n) is 18.0. The van der Waals surface area contributed by atoms with Crippen LogP contribution in [0.5, 0.6) is 0 Å². The summed E-state index contributed by atoms with van der Waals surface area (Å²) in [5.41, 5.74) is 0.0684. The van der Waals surface area contributed by atoms with Crippen LogP contribution in [0.15, 0.2) is 12.2 Å². The van der Waals surface area contributed by atoms with Gasteiger partial charge in [-0.05, 0) is 32.6 Å². The van der Waals surface area contributed by atoms with Gasteiger partial charge in [0.1, 0.15) is 12.6 Å². The summed E-state index contributed by atoms with van der Waals surface area (Å²) in [4.78, 5) is 21.5. The Bertz CT molecular complexity index is 473. The van der Waals surface area contributed by atoms with Crippen molar-refractivity contribution in [1.82, 2.24) is 0 Å². The molecule has 2 atom stereocenters. The Morgan fingerprint density at radius 3 is 1.81 bits per heavy atom. The second-order valence-corrected chi connectivity index (χ2v) is 8.81. The van der Waals surface area contributed by atoms with Gasteiger partial charge < -0.3 is 9.01 Å². The summed E-state index contributed by atoms with van der Waals surface area (Å²) in [6.07, 6.45) is 7.53. The van der Waals surface area contributed by atoms with E-state index in [1.165, 1.54) is 6.92 Å². The van der Waals surface area contributed by atoms with Crippen LogP contribution in [0.3, 0.4) is 0 Å². The fourth-order valence-electron chi connectivity index (χ4n) is 3.35. The van der Waals surface area contributed by atoms with Gasteiger partial charge in [0, 0.05) is 5.57 Å². The van der Waals surface area contributed by atoms with Gasteiger partial charge in [-0.15, -0.1) is 0 Å². The lowest BCUT2D eigenvalue weighted by molar-refractivity contribution is -0.952. The molecule has 6 nitrogen and oxygen atoms in total. The number of hydrogen-bond donors (Lipinski definition) is 1. The van der Waals surface area contributed by atoms with Gasteiger partial charge in [0.2, 0.25) is 0 Å². The number of rotatable bonds is 16. The van der Waals surface area contributed by atoms with Crippen molar-refractivity contribution < 1.29 is 27.8 Å². The van der Waals surface area contributed by atoms with E-state index in [2.05, 4.69) is 38.8 Å². The second-order valence-electron chi connectivity index (χ2n) is 7.44. The highest BCUT2D eigenvalue weighted by molar-refractivity contribution is 7.48. The number of carbonyl (C=O) groups excluding carboxylic acids is 1. The summed E-state index contributed by atoms with van der Waals surface area (Å²) in [7, 11) is -4.44. The Labute approximate surface area is 166 Å². The number of carbonyl (C=O) groups is 1. The summed E-state index contributed by atoms with van der Waals surface area (Å²) in [5.74, 6) is -0.905. The lowest BCUT2D eigenvalue weighted by Gasteiger charge is -2.45. The highest BCUT2D eigenvalue weighted by Crippen LogP contribution is 2.44. The van der Waals surface area contributed by atoms with Crippen LogP contribution in [0.1, 0.15) is 79.6 Å². The minimum Gasteiger partial charge on any atom is -0.367 e. The van der Waals surface area contributed by atoms with Crippen LogP contribution >= 0.6 is 7.82 Å². The molecule has 0 aliphatic heterocycles. The fourth-order valence-corrected chi connectivity index (χ4v) is 4.13. The first-order chi connectivity index (χ1) is 12.7. The van der Waals surface area contributed by atoms with E-state index < -0.39 is 13.8 Å². The van der Waals surface area contributed by atoms with E-state index in [1.54, 1.807) is 0 Å². The van der Waals surface area contributed by atoms with E-state index >= 15 is 0 Å². The molecule has 0 radical (unpaired) electrons. The zero-order valence-corrected chi connectivity index (χ0v) is 18.9. The molecule has 0 saturated carbocycles. The average molecular weight is 407 g/mol. The first kappa shape index (κ1) is 26.3. The summed E-state index contributed by atoms with van der Waals surface area (Å²) in [6, 6.07) is 0.0960. The molecule has 0 saturated heterocycles. The minimum absolute atomic E-state index is 0.0684. The van der Waals surface area contributed by atoms with Crippen LogP contribution in [0, 0.1) is 0 Å². The van der Waals surface area contributed by atoms with Gasteiger partial charge in [0.25, 0.3) is 0 Å². The highest BCUT2D eigenvalue weighted by atomic mass is 31.2. The van der Waals surface area contributed by atoms with Gasteiger partial charge in [-0.2, -0.15) is 0 Å². The van der Waals surface area contributed by atoms with Crippen molar-refractivity contribution in [2.75, 3.05) is 26.2 Å². The van der Waals surface area contributed by atoms with Gasteiger partial charge in [-0.3, -0.25) is 9.42 Å². The second kappa shape index (κ2) is 13.5. The van der Waals surface area contributed by atoms with Crippen LogP contribution in [-0.4, -0.2) is 47.6 Å². The Morgan fingerprint density at radius 1 is 1.04 bits per heavy atom. The number of unbranched alkanes of at least 4 members (excludes halogenated alkanes) is 3. The average Bonchev–Trinajstić information content (AvgIpc) is 2.62. The standard InChI is InChI=1S/C20H40NO5P/c1-7-11-14-21(15-12-8-2,16-13-9-3)19(10-4)17-25-27(23,24)26-20(22)18(5)6/h19H,5,7-17H2,1-4,6H3/p+1. The predicted molar refractivity (Wildman–Crippen MR) is 110 cm³/mol. The minimum atomic E-state index is -4.44. The molecule has 0 bridgehead atoms. The molecule has 0 aromatic rings. The Hall–Kier alpha value is -0.680. The van der Waals surface area contributed by atoms with E-state index in [9.17, 15) is 14.3 Å². The van der Waals surface area contributed by atoms with Gasteiger partial charge in [0.15, 0.2) is 0 Å². The molecule has 2 unspecified atom stereocenters. The van der Waals surface area contributed by atoms with Crippen LogP contribution in [0.2, 0.25) is 0 Å². The monoisotopic (exact) mass is 406 g/mol. The molecule has 0 heterocycles. The molecule has 0 aromatic heterocycles. The maximum Gasteiger partial charge on any atom is 0.530 e. The van der Waals surface area contributed by atoms with Crippen molar-refractivity contribution >= 4 is 13.8 Å². The highest BCUT2D eigenvalue weighted by Gasteiger charge is 2.37. The third-order valence-electron chi connectivity index (χ3n) is 5.09. The molecule has 0 amide bonds. The smallest absolute Gasteiger partial charge is 0.367 e. The Kier molecular flexibility index (Phi) is 13.1. The molecule has 0 aliphatic rings. The van der Waals surface area contributed by atoms with Crippen LogP contribution in [0.25, 0.3) is 0 Å². The molecule has 0 rings (SSSR count). The van der Waals surface area contributed by atoms with Crippen molar-refractivity contribution in [1.29, 1.82) is 0 Å². The first-order valence-corrected chi connectivity index (χ1v) is 11.9. The zero-order chi connectivity index (χ0) is 20.9. The van der Waals surface area contributed by atoms with E-state index in [0.717, 1.165) is 69.1 Å². The van der Waals surface area contributed by atoms with E-state index in [4.69, 9.17) is 4.52 Å². The molecule has 7 heteroatoms. The van der Waals surface area contributed by atoms with E-state index in [-0.39, 0.29) is 18.2 Å². The third-order valence-corrected chi connectivity index (χ3v) is 5.97. The number of nitrogens with zero attached hydrogens (tertiary/aromatic N) is 1. The SMILES string of the molecule is C=C(C)C(=O)OP(=O)(O)OCC(CC)[N+](CCCC)(CCCC)CCCC. The number of phosphoric ester groups is 1. The molecule has 160 valence electrons. The van der Waals surface area contributed by atoms with Crippen molar-refractivity contribution in [3.8, 4) is 0 Å². The Morgan fingerprint density at radius 2 is 1.48 bits per heavy atom. The maximum atomic E-state index is 12.2. The topological polar surface area (TPSA) is 72.8 Å². The molecule has 0 spiro atoms. The summed E-state index contributed by atoms with van der Waals surface area (Å²) in [6.45, 7) is 16.7. The predicted octanol–water partition coefficient (Wildman–Crippen LogP) is 5.22. The lowest BCUT2D eigenvalue weighted by atomic mass is 10.1. The van der Waals surface area contributed by atoms with Crippen molar-refractivity contribution in [2.24, 2.45) is 0 Å².